The standard InChI is InChI=1S/C26H21N5O/c1-17-22(21-9-5-6-10-23(21)28-17)16-27-31-26(32)25-15-24(29-30-25)20-13-11-19(12-14-20)18-7-3-2-4-8-18/h2-16,28H,1H3,(H,29,30)(H,31,32). The van der Waals surface area contributed by atoms with E-state index in [0.717, 1.165) is 38.9 Å². The first-order valence-corrected chi connectivity index (χ1v) is 10.3. The van der Waals surface area contributed by atoms with Crippen LogP contribution in [-0.2, 0) is 0 Å². The number of carbonyl (C=O) groups excluding carboxylic acids is 1. The number of carbonyl (C=O) groups is 1. The monoisotopic (exact) mass is 419 g/mol. The summed E-state index contributed by atoms with van der Waals surface area (Å²) in [6.45, 7) is 1.98. The molecule has 32 heavy (non-hydrogen) atoms. The molecule has 2 aromatic heterocycles. The zero-order valence-corrected chi connectivity index (χ0v) is 17.5. The van der Waals surface area contributed by atoms with Crippen LogP contribution in [-0.4, -0.2) is 27.3 Å². The molecule has 0 bridgehead atoms. The molecule has 0 atom stereocenters. The third kappa shape index (κ3) is 3.81. The quantitative estimate of drug-likeness (QED) is 0.267. The third-order valence-electron chi connectivity index (χ3n) is 5.41. The van der Waals surface area contributed by atoms with Gasteiger partial charge in [0.15, 0.2) is 0 Å². The minimum absolute atomic E-state index is 0.347. The first-order chi connectivity index (χ1) is 15.7. The number of hydrogen-bond donors (Lipinski definition) is 3. The highest BCUT2D eigenvalue weighted by Gasteiger charge is 2.11. The summed E-state index contributed by atoms with van der Waals surface area (Å²) in [5.74, 6) is -0.349. The summed E-state index contributed by atoms with van der Waals surface area (Å²) in [6.07, 6.45) is 1.66. The van der Waals surface area contributed by atoms with Gasteiger partial charge in [0, 0.05) is 27.7 Å². The SMILES string of the molecule is Cc1[nH]c2ccccc2c1C=NNC(=O)c1cc(-c2ccc(-c3ccccc3)cc2)n[nH]1. The second-order valence-electron chi connectivity index (χ2n) is 7.52. The number of aryl methyl sites for hydroxylation is 1. The van der Waals surface area contributed by atoms with Gasteiger partial charge < -0.3 is 4.98 Å². The van der Waals surface area contributed by atoms with Crippen molar-refractivity contribution in [3.8, 4) is 22.4 Å². The minimum Gasteiger partial charge on any atom is -0.358 e. The number of H-pyrrole nitrogens is 2. The van der Waals surface area contributed by atoms with Crippen molar-refractivity contribution >= 4 is 23.0 Å². The van der Waals surface area contributed by atoms with E-state index in [1.807, 2.05) is 73.7 Å². The van der Waals surface area contributed by atoms with Crippen LogP contribution in [0.4, 0.5) is 0 Å². The Morgan fingerprint density at radius 3 is 2.41 bits per heavy atom. The first kappa shape index (κ1) is 19.5. The van der Waals surface area contributed by atoms with Crippen molar-refractivity contribution in [1.29, 1.82) is 0 Å². The summed E-state index contributed by atoms with van der Waals surface area (Å²) in [4.78, 5) is 15.8. The lowest BCUT2D eigenvalue weighted by Gasteiger charge is -2.02. The van der Waals surface area contributed by atoms with Gasteiger partial charge in [0.25, 0.3) is 5.91 Å². The van der Waals surface area contributed by atoms with Gasteiger partial charge in [-0.1, -0.05) is 72.8 Å². The molecule has 3 aromatic carbocycles. The Morgan fingerprint density at radius 2 is 1.59 bits per heavy atom. The number of fused-ring (bicyclic) bond motifs is 1. The summed E-state index contributed by atoms with van der Waals surface area (Å²) in [7, 11) is 0. The van der Waals surface area contributed by atoms with E-state index in [2.05, 4.69) is 37.8 Å². The van der Waals surface area contributed by atoms with E-state index in [1.54, 1.807) is 12.3 Å². The second-order valence-corrected chi connectivity index (χ2v) is 7.52. The van der Waals surface area contributed by atoms with Crippen LogP contribution in [0.1, 0.15) is 21.7 Å². The number of para-hydroxylation sites is 1. The molecule has 0 aliphatic heterocycles. The van der Waals surface area contributed by atoms with Crippen molar-refractivity contribution < 1.29 is 4.79 Å². The van der Waals surface area contributed by atoms with E-state index in [9.17, 15) is 4.79 Å². The predicted molar refractivity (Wildman–Crippen MR) is 128 cm³/mol. The molecular formula is C26H21N5O. The molecule has 6 heteroatoms. The van der Waals surface area contributed by atoms with Gasteiger partial charge in [0.1, 0.15) is 5.69 Å². The van der Waals surface area contributed by atoms with E-state index in [0.29, 0.717) is 11.4 Å². The zero-order chi connectivity index (χ0) is 21.9. The van der Waals surface area contributed by atoms with Gasteiger partial charge in [0.05, 0.1) is 11.9 Å². The van der Waals surface area contributed by atoms with Gasteiger partial charge in [-0.05, 0) is 30.2 Å². The van der Waals surface area contributed by atoms with Crippen molar-refractivity contribution in [1.82, 2.24) is 20.6 Å². The normalized spacial score (nSPS) is 11.3. The number of amides is 1. The molecule has 0 radical (unpaired) electrons. The van der Waals surface area contributed by atoms with E-state index < -0.39 is 0 Å². The molecule has 156 valence electrons. The lowest BCUT2D eigenvalue weighted by atomic mass is 10.0. The Morgan fingerprint density at radius 1 is 0.906 bits per heavy atom. The molecule has 0 unspecified atom stereocenters. The Labute approximate surface area is 185 Å². The summed E-state index contributed by atoms with van der Waals surface area (Å²) >= 11 is 0. The number of rotatable bonds is 5. The van der Waals surface area contributed by atoms with Crippen LogP contribution < -0.4 is 5.43 Å². The van der Waals surface area contributed by atoms with Crippen LogP contribution in [0.2, 0.25) is 0 Å². The molecule has 2 heterocycles. The molecular weight excluding hydrogens is 398 g/mol. The first-order valence-electron chi connectivity index (χ1n) is 10.3. The van der Waals surface area contributed by atoms with Crippen molar-refractivity contribution in [3.63, 3.8) is 0 Å². The lowest BCUT2D eigenvalue weighted by molar-refractivity contribution is 0.0950. The van der Waals surface area contributed by atoms with Crippen LogP contribution in [0.3, 0.4) is 0 Å². The van der Waals surface area contributed by atoms with Gasteiger partial charge in [-0.2, -0.15) is 10.2 Å². The topological polar surface area (TPSA) is 85.9 Å². The van der Waals surface area contributed by atoms with Crippen molar-refractivity contribution in [2.24, 2.45) is 5.10 Å². The van der Waals surface area contributed by atoms with Gasteiger partial charge in [-0.25, -0.2) is 5.43 Å². The van der Waals surface area contributed by atoms with E-state index >= 15 is 0 Å². The minimum atomic E-state index is -0.349. The molecule has 0 saturated heterocycles. The number of nitrogens with one attached hydrogen (secondary N) is 3. The van der Waals surface area contributed by atoms with E-state index in [1.165, 1.54) is 0 Å². The summed E-state index contributed by atoms with van der Waals surface area (Å²) < 4.78 is 0. The molecule has 0 spiro atoms. The number of aromatic nitrogens is 3. The third-order valence-corrected chi connectivity index (χ3v) is 5.41. The van der Waals surface area contributed by atoms with Gasteiger partial charge in [0.2, 0.25) is 0 Å². The molecule has 0 aliphatic rings. The second kappa shape index (κ2) is 8.35. The smallest absolute Gasteiger partial charge is 0.289 e. The Balaban J connectivity index is 1.28. The lowest BCUT2D eigenvalue weighted by Crippen LogP contribution is -2.18. The Hall–Kier alpha value is -4.45. The molecule has 5 aromatic rings. The van der Waals surface area contributed by atoms with Gasteiger partial charge in [-0.3, -0.25) is 9.89 Å². The maximum Gasteiger partial charge on any atom is 0.289 e. The molecule has 3 N–H and O–H groups in total. The number of hydrazone groups is 1. The van der Waals surface area contributed by atoms with E-state index in [-0.39, 0.29) is 5.91 Å². The predicted octanol–water partition coefficient (Wildman–Crippen LogP) is 5.30. The number of benzene rings is 3. The highest BCUT2D eigenvalue weighted by Crippen LogP contribution is 2.24. The fourth-order valence-corrected chi connectivity index (χ4v) is 3.73. The Bertz CT molecular complexity index is 1410. The van der Waals surface area contributed by atoms with Crippen LogP contribution in [0.5, 0.6) is 0 Å². The van der Waals surface area contributed by atoms with Crippen LogP contribution in [0.15, 0.2) is 90.0 Å². The summed E-state index contributed by atoms with van der Waals surface area (Å²) in [6, 6.07) is 28.0. The molecule has 0 aliphatic carbocycles. The fraction of sp³-hybridized carbons (Fsp3) is 0.0385. The highest BCUT2D eigenvalue weighted by atomic mass is 16.2. The fourth-order valence-electron chi connectivity index (χ4n) is 3.73. The highest BCUT2D eigenvalue weighted by molar-refractivity contribution is 6.01. The van der Waals surface area contributed by atoms with Gasteiger partial charge in [-0.15, -0.1) is 0 Å². The van der Waals surface area contributed by atoms with Crippen LogP contribution >= 0.6 is 0 Å². The number of hydrogen-bond acceptors (Lipinski definition) is 3. The Kier molecular flexibility index (Phi) is 5.09. The van der Waals surface area contributed by atoms with Crippen molar-refractivity contribution in [2.45, 2.75) is 6.92 Å². The van der Waals surface area contributed by atoms with Gasteiger partial charge >= 0.3 is 0 Å². The molecule has 5 rings (SSSR count). The van der Waals surface area contributed by atoms with Crippen molar-refractivity contribution in [3.05, 3.63) is 102 Å². The van der Waals surface area contributed by atoms with Crippen molar-refractivity contribution in [2.75, 3.05) is 0 Å². The number of aromatic amines is 2. The molecule has 0 fully saturated rings. The number of nitrogens with zero attached hydrogens (tertiary/aromatic N) is 2. The maximum absolute atomic E-state index is 12.5. The largest absolute Gasteiger partial charge is 0.358 e. The van der Waals surface area contributed by atoms with Crippen LogP contribution in [0.25, 0.3) is 33.3 Å². The summed E-state index contributed by atoms with van der Waals surface area (Å²) in [5.41, 5.74) is 9.81. The molecule has 6 nitrogen and oxygen atoms in total. The molecule has 0 saturated carbocycles. The van der Waals surface area contributed by atoms with Crippen LogP contribution in [0, 0.1) is 6.92 Å². The van der Waals surface area contributed by atoms with E-state index in [4.69, 9.17) is 0 Å². The average Bonchev–Trinajstić information content (AvgIpc) is 3.45. The average molecular weight is 419 g/mol. The molecule has 1 amide bonds. The zero-order valence-electron chi connectivity index (χ0n) is 17.5. The maximum atomic E-state index is 12.5. The summed E-state index contributed by atoms with van der Waals surface area (Å²) in [5, 5.41) is 12.3.